The SMILES string of the molecule is O=C(O)c1ccccc1NS(=O)(=O)c1cc([N+](=O)[O-])ccc1N/N=C/c1ccc(N2CCOCC2)cc1. The van der Waals surface area contributed by atoms with E-state index in [-0.39, 0.29) is 16.9 Å². The first kappa shape index (κ1) is 25.6. The lowest BCUT2D eigenvalue weighted by Crippen LogP contribution is -2.36. The molecule has 192 valence electrons. The summed E-state index contributed by atoms with van der Waals surface area (Å²) in [5.41, 5.74) is 3.46. The lowest BCUT2D eigenvalue weighted by atomic mass is 10.2. The number of sulfonamides is 1. The highest BCUT2D eigenvalue weighted by Crippen LogP contribution is 2.29. The molecule has 12 nitrogen and oxygen atoms in total. The van der Waals surface area contributed by atoms with Crippen molar-refractivity contribution in [1.82, 2.24) is 0 Å². The Morgan fingerprint density at radius 3 is 2.43 bits per heavy atom. The molecule has 0 spiro atoms. The van der Waals surface area contributed by atoms with Crippen LogP contribution < -0.4 is 15.0 Å². The van der Waals surface area contributed by atoms with E-state index in [0.717, 1.165) is 36.5 Å². The van der Waals surface area contributed by atoms with Crippen LogP contribution in [0, 0.1) is 10.1 Å². The van der Waals surface area contributed by atoms with Crippen LogP contribution in [0.5, 0.6) is 0 Å². The number of anilines is 3. The average molecular weight is 526 g/mol. The second-order valence-corrected chi connectivity index (χ2v) is 9.61. The van der Waals surface area contributed by atoms with Gasteiger partial charge in [0.2, 0.25) is 0 Å². The van der Waals surface area contributed by atoms with Crippen LogP contribution in [0.2, 0.25) is 0 Å². The molecule has 0 saturated carbocycles. The largest absolute Gasteiger partial charge is 0.478 e. The van der Waals surface area contributed by atoms with Gasteiger partial charge in [-0.2, -0.15) is 5.10 Å². The standard InChI is InChI=1S/C24H23N5O7S/c30-24(31)20-3-1-2-4-21(20)27-37(34,35)23-15-19(29(32)33)9-10-22(23)26-25-16-17-5-7-18(8-6-17)28-11-13-36-14-12-28/h1-10,15-16,26-27H,11-14H2,(H,30,31)/b25-16+. The third kappa shape index (κ3) is 6.20. The van der Waals surface area contributed by atoms with E-state index in [0.29, 0.717) is 13.2 Å². The van der Waals surface area contributed by atoms with Crippen LogP contribution in [-0.4, -0.2) is 56.9 Å². The van der Waals surface area contributed by atoms with E-state index in [2.05, 4.69) is 20.1 Å². The monoisotopic (exact) mass is 525 g/mol. The average Bonchev–Trinajstić information content (AvgIpc) is 2.89. The van der Waals surface area contributed by atoms with E-state index in [1.807, 2.05) is 24.3 Å². The summed E-state index contributed by atoms with van der Waals surface area (Å²) in [7, 11) is -4.44. The second kappa shape index (κ2) is 11.1. The number of ether oxygens (including phenoxy) is 1. The van der Waals surface area contributed by atoms with Crippen molar-refractivity contribution >= 4 is 45.0 Å². The van der Waals surface area contributed by atoms with E-state index in [9.17, 15) is 28.4 Å². The number of nitrogens with zero attached hydrogens (tertiary/aromatic N) is 3. The molecule has 37 heavy (non-hydrogen) atoms. The van der Waals surface area contributed by atoms with Gasteiger partial charge in [-0.25, -0.2) is 13.2 Å². The number of non-ortho nitro benzene ring substituents is 1. The smallest absolute Gasteiger partial charge is 0.337 e. The molecule has 1 heterocycles. The number of morpholine rings is 1. The van der Waals surface area contributed by atoms with Gasteiger partial charge in [-0.15, -0.1) is 0 Å². The fraction of sp³-hybridized carbons (Fsp3) is 0.167. The summed E-state index contributed by atoms with van der Waals surface area (Å²) in [5, 5.41) is 24.7. The number of benzene rings is 3. The highest BCUT2D eigenvalue weighted by Gasteiger charge is 2.24. The van der Waals surface area contributed by atoms with Crippen molar-refractivity contribution in [2.75, 3.05) is 41.4 Å². The van der Waals surface area contributed by atoms with Crippen LogP contribution in [0.15, 0.2) is 76.7 Å². The second-order valence-electron chi connectivity index (χ2n) is 7.95. The molecule has 3 aromatic rings. The van der Waals surface area contributed by atoms with Crippen molar-refractivity contribution in [3.63, 3.8) is 0 Å². The number of carboxylic acid groups (broad SMARTS) is 1. The molecule has 4 rings (SSSR count). The number of aromatic carboxylic acids is 1. The normalized spacial score (nSPS) is 13.9. The molecule has 0 amide bonds. The van der Waals surface area contributed by atoms with Crippen LogP contribution in [0.4, 0.5) is 22.7 Å². The summed E-state index contributed by atoms with van der Waals surface area (Å²) in [6.45, 7) is 2.95. The highest BCUT2D eigenvalue weighted by molar-refractivity contribution is 7.93. The first-order chi connectivity index (χ1) is 17.7. The number of carbonyl (C=O) groups is 1. The Hall–Kier alpha value is -4.49. The zero-order chi connectivity index (χ0) is 26.4. The van der Waals surface area contributed by atoms with Crippen LogP contribution in [0.1, 0.15) is 15.9 Å². The molecule has 0 aliphatic carbocycles. The summed E-state index contributed by atoms with van der Waals surface area (Å²) in [5.74, 6) is -1.33. The molecule has 3 N–H and O–H groups in total. The maximum Gasteiger partial charge on any atom is 0.337 e. The van der Waals surface area contributed by atoms with E-state index < -0.39 is 31.5 Å². The van der Waals surface area contributed by atoms with Crippen molar-refractivity contribution in [2.24, 2.45) is 5.10 Å². The molecule has 0 radical (unpaired) electrons. The predicted octanol–water partition coefficient (Wildman–Crippen LogP) is 3.38. The third-order valence-corrected chi connectivity index (χ3v) is 6.94. The summed E-state index contributed by atoms with van der Waals surface area (Å²) in [4.78, 5) is 23.8. The van der Waals surface area contributed by atoms with Crippen molar-refractivity contribution in [3.05, 3.63) is 88.0 Å². The molecule has 3 aromatic carbocycles. The Labute approximate surface area is 212 Å². The molecule has 1 fully saturated rings. The Bertz CT molecular complexity index is 1440. The van der Waals surface area contributed by atoms with Gasteiger partial charge in [-0.3, -0.25) is 20.3 Å². The Morgan fingerprint density at radius 1 is 1.05 bits per heavy atom. The van der Waals surface area contributed by atoms with Gasteiger partial charge in [-0.05, 0) is 35.9 Å². The molecule has 0 bridgehead atoms. The number of nitro groups is 1. The zero-order valence-electron chi connectivity index (χ0n) is 19.4. The highest BCUT2D eigenvalue weighted by atomic mass is 32.2. The molecular formula is C24H23N5O7S. The van der Waals surface area contributed by atoms with Gasteiger partial charge in [0.05, 0.1) is 41.3 Å². The van der Waals surface area contributed by atoms with Crippen LogP contribution >= 0.6 is 0 Å². The van der Waals surface area contributed by atoms with E-state index in [4.69, 9.17) is 4.74 Å². The topological polar surface area (TPSA) is 163 Å². The summed E-state index contributed by atoms with van der Waals surface area (Å²) in [6.07, 6.45) is 1.48. The fourth-order valence-corrected chi connectivity index (χ4v) is 4.92. The number of nitro benzene ring substituents is 1. The molecular weight excluding hydrogens is 502 g/mol. The van der Waals surface area contributed by atoms with Crippen LogP contribution in [0.25, 0.3) is 0 Å². The molecule has 1 aliphatic rings. The van der Waals surface area contributed by atoms with E-state index >= 15 is 0 Å². The van der Waals surface area contributed by atoms with Gasteiger partial charge >= 0.3 is 5.97 Å². The van der Waals surface area contributed by atoms with Crippen LogP contribution in [0.3, 0.4) is 0 Å². The molecule has 0 atom stereocenters. The van der Waals surface area contributed by atoms with E-state index in [1.165, 1.54) is 36.5 Å². The Kier molecular flexibility index (Phi) is 7.65. The van der Waals surface area contributed by atoms with Gasteiger partial charge in [0.15, 0.2) is 0 Å². The van der Waals surface area contributed by atoms with Gasteiger partial charge < -0.3 is 14.7 Å². The molecule has 1 aliphatic heterocycles. The van der Waals surface area contributed by atoms with Crippen molar-refractivity contribution in [1.29, 1.82) is 0 Å². The van der Waals surface area contributed by atoms with Crippen molar-refractivity contribution < 1.29 is 28.0 Å². The minimum Gasteiger partial charge on any atom is -0.478 e. The van der Waals surface area contributed by atoms with Gasteiger partial charge in [-0.1, -0.05) is 24.3 Å². The maximum absolute atomic E-state index is 13.2. The lowest BCUT2D eigenvalue weighted by molar-refractivity contribution is -0.385. The van der Waals surface area contributed by atoms with Gasteiger partial charge in [0, 0.05) is 30.9 Å². The molecule has 0 aromatic heterocycles. The lowest BCUT2D eigenvalue weighted by Gasteiger charge is -2.28. The Balaban J connectivity index is 1.57. The minimum atomic E-state index is -4.44. The molecule has 13 heteroatoms. The number of carboxylic acids is 1. The predicted molar refractivity (Wildman–Crippen MR) is 138 cm³/mol. The van der Waals surface area contributed by atoms with Gasteiger partial charge in [0.25, 0.3) is 15.7 Å². The quantitative estimate of drug-likeness (QED) is 0.216. The van der Waals surface area contributed by atoms with Crippen LogP contribution in [-0.2, 0) is 14.8 Å². The number of para-hydroxylation sites is 1. The summed E-state index contributed by atoms with van der Waals surface area (Å²) in [6, 6.07) is 16.3. The van der Waals surface area contributed by atoms with E-state index in [1.54, 1.807) is 0 Å². The van der Waals surface area contributed by atoms with Crippen molar-refractivity contribution in [3.8, 4) is 0 Å². The maximum atomic E-state index is 13.2. The molecule has 1 saturated heterocycles. The number of hydrogen-bond acceptors (Lipinski definition) is 9. The van der Waals surface area contributed by atoms with Gasteiger partial charge in [0.1, 0.15) is 4.90 Å². The minimum absolute atomic E-state index is 0.0351. The number of hydrazone groups is 1. The third-order valence-electron chi connectivity index (χ3n) is 5.54. The summed E-state index contributed by atoms with van der Waals surface area (Å²) >= 11 is 0. The zero-order valence-corrected chi connectivity index (χ0v) is 20.2. The number of rotatable bonds is 9. The summed E-state index contributed by atoms with van der Waals surface area (Å²) < 4.78 is 33.9. The molecule has 0 unspecified atom stereocenters. The fourth-order valence-electron chi connectivity index (χ4n) is 3.67. The first-order valence-corrected chi connectivity index (χ1v) is 12.6. The number of nitrogens with one attached hydrogen (secondary N) is 2. The van der Waals surface area contributed by atoms with Crippen molar-refractivity contribution in [2.45, 2.75) is 4.90 Å². The first-order valence-electron chi connectivity index (χ1n) is 11.1. The number of hydrogen-bond donors (Lipinski definition) is 3. The Morgan fingerprint density at radius 2 is 1.76 bits per heavy atom.